The maximum Gasteiger partial charge on any atom is 0.303 e. The van der Waals surface area contributed by atoms with E-state index >= 15 is 0 Å². The molecule has 0 aromatic carbocycles. The van der Waals surface area contributed by atoms with E-state index in [1.165, 1.54) is 11.2 Å². The summed E-state index contributed by atoms with van der Waals surface area (Å²) < 4.78 is 0. The zero-order chi connectivity index (χ0) is 23.8. The summed E-state index contributed by atoms with van der Waals surface area (Å²) >= 11 is 0. The standard InChI is InChI=1S/C21H30N6O6/c28-17-7-6-14(25-17)19(31)26-15(10-13-11-22-12-24-13)21(33)27-9-3-4-16(27)20(32)23-8-2-1-5-18(29)30/h11-12,14-16H,1-10H2,(H,22,24)(H,23,32)(H,25,28)(H,26,31)(H,29,30)/t14-,15-,16-/m0/s1. The minimum atomic E-state index is -0.917. The molecule has 180 valence electrons. The highest BCUT2D eigenvalue weighted by Crippen LogP contribution is 2.20. The number of hydrogen-bond acceptors (Lipinski definition) is 6. The maximum absolute atomic E-state index is 13.4. The summed E-state index contributed by atoms with van der Waals surface area (Å²) in [6.45, 7) is 0.728. The Bertz CT molecular complexity index is 873. The maximum atomic E-state index is 13.4. The largest absolute Gasteiger partial charge is 0.481 e. The first-order valence-electron chi connectivity index (χ1n) is 11.2. The van der Waals surface area contributed by atoms with Crippen molar-refractivity contribution in [3.05, 3.63) is 18.2 Å². The van der Waals surface area contributed by atoms with Crippen LogP contribution in [-0.2, 0) is 30.4 Å². The van der Waals surface area contributed by atoms with Gasteiger partial charge < -0.3 is 30.9 Å². The molecule has 3 rings (SSSR count). The molecule has 12 nitrogen and oxygen atoms in total. The van der Waals surface area contributed by atoms with Gasteiger partial charge >= 0.3 is 5.97 Å². The van der Waals surface area contributed by atoms with Gasteiger partial charge in [-0.3, -0.25) is 24.0 Å². The number of unbranched alkanes of at least 4 members (excludes halogenated alkanes) is 1. The van der Waals surface area contributed by atoms with Crippen LogP contribution in [0.2, 0.25) is 0 Å². The Balaban J connectivity index is 1.62. The highest BCUT2D eigenvalue weighted by molar-refractivity contribution is 5.95. The average Bonchev–Trinajstić information content (AvgIpc) is 3.54. The van der Waals surface area contributed by atoms with Crippen molar-refractivity contribution in [3.63, 3.8) is 0 Å². The van der Waals surface area contributed by atoms with Crippen molar-refractivity contribution in [2.24, 2.45) is 0 Å². The number of nitrogens with one attached hydrogen (secondary N) is 4. The summed E-state index contributed by atoms with van der Waals surface area (Å²) in [5, 5.41) is 16.8. The van der Waals surface area contributed by atoms with E-state index in [4.69, 9.17) is 5.11 Å². The van der Waals surface area contributed by atoms with E-state index in [1.54, 1.807) is 6.20 Å². The highest BCUT2D eigenvalue weighted by atomic mass is 16.4. The number of carboxylic acids is 1. The molecule has 1 aromatic heterocycles. The predicted octanol–water partition coefficient (Wildman–Crippen LogP) is -0.922. The molecule has 0 unspecified atom stereocenters. The Labute approximate surface area is 190 Å². The smallest absolute Gasteiger partial charge is 0.303 e. The molecule has 0 saturated carbocycles. The van der Waals surface area contributed by atoms with Gasteiger partial charge in [0.25, 0.3) is 0 Å². The fourth-order valence-corrected chi connectivity index (χ4v) is 4.13. The van der Waals surface area contributed by atoms with Crippen LogP contribution in [0.1, 0.15) is 50.6 Å². The molecule has 0 spiro atoms. The van der Waals surface area contributed by atoms with Crippen molar-refractivity contribution in [2.75, 3.05) is 13.1 Å². The lowest BCUT2D eigenvalue weighted by atomic mass is 10.1. The van der Waals surface area contributed by atoms with Gasteiger partial charge in [-0.05, 0) is 32.1 Å². The Kier molecular flexibility index (Phi) is 8.39. The number of nitrogens with zero attached hydrogens (tertiary/aromatic N) is 2. The fraction of sp³-hybridized carbons (Fsp3) is 0.619. The molecule has 33 heavy (non-hydrogen) atoms. The molecule has 2 saturated heterocycles. The molecule has 4 amide bonds. The number of aliphatic carboxylic acids is 1. The van der Waals surface area contributed by atoms with Gasteiger partial charge in [0.1, 0.15) is 18.1 Å². The molecule has 0 radical (unpaired) electrons. The van der Waals surface area contributed by atoms with Crippen molar-refractivity contribution in [2.45, 2.75) is 69.5 Å². The van der Waals surface area contributed by atoms with Gasteiger partial charge in [0.2, 0.25) is 23.6 Å². The molecule has 1 aromatic rings. The zero-order valence-corrected chi connectivity index (χ0v) is 18.3. The number of carboxylic acid groups (broad SMARTS) is 1. The molecule has 5 N–H and O–H groups in total. The third kappa shape index (κ3) is 6.77. The molecular weight excluding hydrogens is 432 g/mol. The Morgan fingerprint density at radius 3 is 2.70 bits per heavy atom. The predicted molar refractivity (Wildman–Crippen MR) is 115 cm³/mol. The van der Waals surface area contributed by atoms with Gasteiger partial charge in [0, 0.05) is 44.2 Å². The summed E-state index contributed by atoms with van der Waals surface area (Å²) in [6, 6.07) is -2.25. The SMILES string of the molecule is O=C(O)CCCCNC(=O)[C@@H]1CCCN1C(=O)[C@H](Cc1cnc[nH]1)NC(=O)[C@@H]1CCC(=O)N1. The molecule has 0 aliphatic carbocycles. The second-order valence-corrected chi connectivity index (χ2v) is 8.33. The first kappa shape index (κ1) is 24.2. The minimum absolute atomic E-state index is 0.0420. The van der Waals surface area contributed by atoms with E-state index in [0.29, 0.717) is 50.9 Å². The number of H-pyrrole nitrogens is 1. The number of carbonyl (C=O) groups excluding carboxylic acids is 4. The van der Waals surface area contributed by atoms with Gasteiger partial charge in [0.05, 0.1) is 6.33 Å². The van der Waals surface area contributed by atoms with E-state index in [1.807, 2.05) is 0 Å². The van der Waals surface area contributed by atoms with Crippen molar-refractivity contribution < 1.29 is 29.1 Å². The number of imidazole rings is 1. The van der Waals surface area contributed by atoms with Crippen molar-refractivity contribution in [3.8, 4) is 0 Å². The van der Waals surface area contributed by atoms with E-state index in [0.717, 1.165) is 0 Å². The van der Waals surface area contributed by atoms with E-state index in [-0.39, 0.29) is 37.0 Å². The van der Waals surface area contributed by atoms with Gasteiger partial charge in [-0.2, -0.15) is 0 Å². The lowest BCUT2D eigenvalue weighted by molar-refractivity contribution is -0.141. The van der Waals surface area contributed by atoms with Gasteiger partial charge in [-0.15, -0.1) is 0 Å². The Morgan fingerprint density at radius 1 is 1.21 bits per heavy atom. The molecule has 2 fully saturated rings. The van der Waals surface area contributed by atoms with Crippen LogP contribution in [0.4, 0.5) is 0 Å². The van der Waals surface area contributed by atoms with Crippen LogP contribution in [0.3, 0.4) is 0 Å². The van der Waals surface area contributed by atoms with Crippen LogP contribution in [0, 0.1) is 0 Å². The van der Waals surface area contributed by atoms with Gasteiger partial charge in [0.15, 0.2) is 0 Å². The van der Waals surface area contributed by atoms with Crippen LogP contribution < -0.4 is 16.0 Å². The summed E-state index contributed by atoms with van der Waals surface area (Å²) in [4.78, 5) is 69.2. The molecule has 3 atom stereocenters. The third-order valence-electron chi connectivity index (χ3n) is 5.86. The highest BCUT2D eigenvalue weighted by Gasteiger charge is 2.39. The van der Waals surface area contributed by atoms with Crippen molar-refractivity contribution in [1.29, 1.82) is 0 Å². The van der Waals surface area contributed by atoms with Crippen LogP contribution in [0.5, 0.6) is 0 Å². The Hall–Kier alpha value is -3.44. The number of rotatable bonds is 11. The number of likely N-dealkylation sites (tertiary alicyclic amines) is 1. The number of aromatic amines is 1. The first-order chi connectivity index (χ1) is 15.8. The summed E-state index contributed by atoms with van der Waals surface area (Å²) in [5.41, 5.74) is 0.655. The average molecular weight is 463 g/mol. The fourth-order valence-electron chi connectivity index (χ4n) is 4.13. The van der Waals surface area contributed by atoms with Crippen molar-refractivity contribution >= 4 is 29.6 Å². The molecule has 0 bridgehead atoms. The first-order valence-corrected chi connectivity index (χ1v) is 11.2. The quantitative estimate of drug-likeness (QED) is 0.264. The zero-order valence-electron chi connectivity index (χ0n) is 18.3. The van der Waals surface area contributed by atoms with Crippen LogP contribution in [-0.4, -0.2) is 80.8 Å². The molecule has 3 heterocycles. The monoisotopic (exact) mass is 462 g/mol. The summed E-state index contributed by atoms with van der Waals surface area (Å²) in [6.07, 6.45) is 6.04. The topological polar surface area (TPSA) is 174 Å². The van der Waals surface area contributed by atoms with E-state index in [9.17, 15) is 24.0 Å². The molecule has 2 aliphatic rings. The molecule has 2 aliphatic heterocycles. The third-order valence-corrected chi connectivity index (χ3v) is 5.86. The van der Waals surface area contributed by atoms with Crippen LogP contribution in [0.15, 0.2) is 12.5 Å². The molecule has 12 heteroatoms. The summed E-state index contributed by atoms with van der Waals surface area (Å²) in [7, 11) is 0. The number of amides is 4. The van der Waals surface area contributed by atoms with Gasteiger partial charge in [-0.25, -0.2) is 4.98 Å². The lowest BCUT2D eigenvalue weighted by Crippen LogP contribution is -2.56. The number of aromatic nitrogens is 2. The van der Waals surface area contributed by atoms with E-state index < -0.39 is 30.0 Å². The van der Waals surface area contributed by atoms with Crippen LogP contribution in [0.25, 0.3) is 0 Å². The Morgan fingerprint density at radius 2 is 2.03 bits per heavy atom. The second kappa shape index (κ2) is 11.4. The normalized spacial score (nSPS) is 20.8. The molecular formula is C21H30N6O6. The summed E-state index contributed by atoms with van der Waals surface area (Å²) in [5.74, 6) is -2.17. The van der Waals surface area contributed by atoms with Crippen molar-refractivity contribution in [1.82, 2.24) is 30.8 Å². The number of carbonyl (C=O) groups is 5. The minimum Gasteiger partial charge on any atom is -0.481 e. The lowest BCUT2D eigenvalue weighted by Gasteiger charge is -2.29. The second-order valence-electron chi connectivity index (χ2n) is 8.33. The number of hydrogen-bond donors (Lipinski definition) is 5. The van der Waals surface area contributed by atoms with E-state index in [2.05, 4.69) is 25.9 Å². The van der Waals surface area contributed by atoms with Gasteiger partial charge in [-0.1, -0.05) is 0 Å². The van der Waals surface area contributed by atoms with Crippen LogP contribution >= 0.6 is 0 Å².